The minimum Gasteiger partial charge on any atom is -0.462 e. The maximum atomic E-state index is 13.6. The fourth-order valence-electron chi connectivity index (χ4n) is 2.78. The first-order chi connectivity index (χ1) is 14.7. The van der Waals surface area contributed by atoms with E-state index < -0.39 is 23.4 Å². The number of anilines is 1. The molecule has 0 aliphatic heterocycles. The molecular formula is C20H19F3N6O2. The summed E-state index contributed by atoms with van der Waals surface area (Å²) >= 11 is 0. The molecule has 0 aliphatic rings. The topological polar surface area (TPSA) is 112 Å². The van der Waals surface area contributed by atoms with Gasteiger partial charge in [0.2, 0.25) is 0 Å². The summed E-state index contributed by atoms with van der Waals surface area (Å²) in [5.41, 5.74) is 5.67. The van der Waals surface area contributed by atoms with Crippen molar-refractivity contribution in [2.45, 2.75) is 13.1 Å². The van der Waals surface area contributed by atoms with E-state index in [2.05, 4.69) is 10.1 Å². The third-order valence-corrected chi connectivity index (χ3v) is 4.20. The summed E-state index contributed by atoms with van der Waals surface area (Å²) in [6, 6.07) is 9.28. The van der Waals surface area contributed by atoms with Crippen molar-refractivity contribution in [2.75, 3.05) is 11.6 Å². The lowest BCUT2D eigenvalue weighted by molar-refractivity contribution is -0.143. The Labute approximate surface area is 175 Å². The van der Waals surface area contributed by atoms with Crippen LogP contribution in [-0.2, 0) is 10.9 Å². The Morgan fingerprint density at radius 3 is 2.52 bits per heavy atom. The number of aromatic nitrogens is 3. The first-order valence-corrected chi connectivity index (χ1v) is 9.06. The minimum atomic E-state index is -4.82. The first kappa shape index (κ1) is 21.8. The Kier molecular flexibility index (Phi) is 6.25. The summed E-state index contributed by atoms with van der Waals surface area (Å²) in [6.45, 7) is 1.45. The van der Waals surface area contributed by atoms with E-state index in [1.165, 1.54) is 42.4 Å². The summed E-state index contributed by atoms with van der Waals surface area (Å²) in [6.07, 6.45) is 0.620. The number of ether oxygens (including phenoxy) is 1. The average molecular weight is 432 g/mol. The van der Waals surface area contributed by atoms with E-state index in [-0.39, 0.29) is 18.0 Å². The van der Waals surface area contributed by atoms with Gasteiger partial charge in [-0.15, -0.1) is 0 Å². The molecule has 0 aliphatic carbocycles. The Morgan fingerprint density at radius 2 is 1.94 bits per heavy atom. The molecule has 31 heavy (non-hydrogen) atoms. The summed E-state index contributed by atoms with van der Waals surface area (Å²) in [7, 11) is 0. The molecule has 3 aromatic rings. The number of pyridine rings is 1. The van der Waals surface area contributed by atoms with Crippen LogP contribution >= 0.6 is 0 Å². The molecule has 0 saturated carbocycles. The van der Waals surface area contributed by atoms with Gasteiger partial charge in [-0.3, -0.25) is 9.99 Å². The van der Waals surface area contributed by atoms with E-state index in [1.54, 1.807) is 24.5 Å². The second-order valence-corrected chi connectivity index (χ2v) is 6.29. The van der Waals surface area contributed by atoms with Gasteiger partial charge in [0.05, 0.1) is 36.1 Å². The molecule has 8 nitrogen and oxygen atoms in total. The van der Waals surface area contributed by atoms with Crippen LogP contribution in [0, 0.1) is 0 Å². The van der Waals surface area contributed by atoms with Crippen LogP contribution in [0.4, 0.5) is 18.9 Å². The number of alkyl halides is 3. The van der Waals surface area contributed by atoms with Crippen LogP contribution in [-0.4, -0.2) is 27.3 Å². The Hall–Kier alpha value is -3.86. The highest BCUT2D eigenvalue weighted by Gasteiger charge is 2.41. The molecule has 0 fully saturated rings. The molecule has 0 amide bonds. The quantitative estimate of drug-likeness (QED) is 0.350. The van der Waals surface area contributed by atoms with E-state index in [4.69, 9.17) is 16.3 Å². The highest BCUT2D eigenvalue weighted by Crippen LogP contribution is 2.34. The number of halogens is 3. The van der Waals surface area contributed by atoms with Gasteiger partial charge in [-0.1, -0.05) is 12.1 Å². The summed E-state index contributed by atoms with van der Waals surface area (Å²) in [5.74, 6) is 4.84. The van der Waals surface area contributed by atoms with Gasteiger partial charge in [-0.25, -0.2) is 15.3 Å². The lowest BCUT2D eigenvalue weighted by Gasteiger charge is -2.15. The van der Waals surface area contributed by atoms with Gasteiger partial charge in [0, 0.05) is 12.4 Å². The molecule has 0 spiro atoms. The normalized spacial score (nSPS) is 12.0. The van der Waals surface area contributed by atoms with Crippen molar-refractivity contribution < 1.29 is 22.7 Å². The molecule has 162 valence electrons. The van der Waals surface area contributed by atoms with E-state index in [1.807, 2.05) is 0 Å². The van der Waals surface area contributed by atoms with Crippen molar-refractivity contribution in [3.8, 4) is 5.69 Å². The Morgan fingerprint density at radius 1 is 1.23 bits per heavy atom. The Bertz CT molecular complexity index is 1080. The second kappa shape index (κ2) is 8.88. The van der Waals surface area contributed by atoms with E-state index in [0.717, 1.165) is 6.20 Å². The molecule has 0 unspecified atom stereocenters. The van der Waals surface area contributed by atoms with Crippen molar-refractivity contribution >= 4 is 17.4 Å². The number of carbonyl (C=O) groups is 1. The maximum Gasteiger partial charge on any atom is 0.434 e. The smallest absolute Gasteiger partial charge is 0.434 e. The zero-order chi connectivity index (χ0) is 22.6. The van der Waals surface area contributed by atoms with Gasteiger partial charge in [0.25, 0.3) is 0 Å². The number of nitrogens with zero attached hydrogens (tertiary/aromatic N) is 4. The van der Waals surface area contributed by atoms with Crippen LogP contribution in [0.3, 0.4) is 0 Å². The number of rotatable bonds is 6. The van der Waals surface area contributed by atoms with Gasteiger partial charge in [-0.05, 0) is 36.8 Å². The second-order valence-electron chi connectivity index (χ2n) is 6.29. The van der Waals surface area contributed by atoms with Gasteiger partial charge >= 0.3 is 12.1 Å². The molecule has 0 bridgehead atoms. The van der Waals surface area contributed by atoms with Gasteiger partial charge in [-0.2, -0.15) is 18.3 Å². The zero-order valence-electron chi connectivity index (χ0n) is 16.4. The molecular weight excluding hydrogens is 413 g/mol. The predicted octanol–water partition coefficient (Wildman–Crippen LogP) is 3.10. The van der Waals surface area contributed by atoms with E-state index in [9.17, 15) is 18.0 Å². The standard InChI is InChI=1S/C20H19F3N6O2/c1-2-31-19(30)16-11-27-29(18(16)20(21,22)23)14-7-5-13(6-8-14)17(24)12-28(25)15-4-3-9-26-10-15/h3-12H,2,24-25H2,1H3/b17-12-. The van der Waals surface area contributed by atoms with Gasteiger partial charge in [0.1, 0.15) is 5.56 Å². The number of benzene rings is 1. The van der Waals surface area contributed by atoms with Crippen molar-refractivity contribution in [1.82, 2.24) is 14.8 Å². The number of carbonyl (C=O) groups excluding carboxylic acids is 1. The number of hydrogen-bond acceptors (Lipinski definition) is 7. The van der Waals surface area contributed by atoms with Gasteiger partial charge < -0.3 is 10.5 Å². The van der Waals surface area contributed by atoms with Crippen LogP contribution in [0.25, 0.3) is 11.4 Å². The molecule has 4 N–H and O–H groups in total. The number of hydrazine groups is 1. The summed E-state index contributed by atoms with van der Waals surface area (Å²) in [5, 5.41) is 5.01. The lowest BCUT2D eigenvalue weighted by Crippen LogP contribution is -2.25. The zero-order valence-corrected chi connectivity index (χ0v) is 16.4. The SMILES string of the molecule is CCOC(=O)c1cnn(-c2ccc(/C(N)=C/N(N)c3cccnc3)cc2)c1C(F)(F)F. The molecule has 0 atom stereocenters. The van der Waals surface area contributed by atoms with Crippen LogP contribution in [0.15, 0.2) is 61.2 Å². The largest absolute Gasteiger partial charge is 0.462 e. The molecule has 3 rings (SSSR count). The van der Waals surface area contributed by atoms with Gasteiger partial charge in [0.15, 0.2) is 5.69 Å². The monoisotopic (exact) mass is 432 g/mol. The fraction of sp³-hybridized carbons (Fsp3) is 0.150. The van der Waals surface area contributed by atoms with Crippen molar-refractivity contribution in [1.29, 1.82) is 0 Å². The summed E-state index contributed by atoms with van der Waals surface area (Å²) in [4.78, 5) is 15.9. The predicted molar refractivity (Wildman–Crippen MR) is 108 cm³/mol. The summed E-state index contributed by atoms with van der Waals surface area (Å²) < 4.78 is 46.2. The highest BCUT2D eigenvalue weighted by atomic mass is 19.4. The van der Waals surface area contributed by atoms with Crippen molar-refractivity contribution in [3.05, 3.63) is 78.0 Å². The Balaban J connectivity index is 1.91. The molecule has 2 aromatic heterocycles. The van der Waals surface area contributed by atoms with Crippen LogP contribution < -0.4 is 16.6 Å². The highest BCUT2D eigenvalue weighted by molar-refractivity contribution is 5.90. The molecule has 2 heterocycles. The maximum absolute atomic E-state index is 13.6. The van der Waals surface area contributed by atoms with Crippen LogP contribution in [0.2, 0.25) is 0 Å². The first-order valence-electron chi connectivity index (χ1n) is 9.06. The minimum absolute atomic E-state index is 0.0567. The molecule has 0 saturated heterocycles. The van der Waals surface area contributed by atoms with E-state index >= 15 is 0 Å². The third-order valence-electron chi connectivity index (χ3n) is 4.20. The molecule has 0 radical (unpaired) electrons. The molecule has 1 aromatic carbocycles. The van der Waals surface area contributed by atoms with Crippen LogP contribution in [0.1, 0.15) is 28.5 Å². The van der Waals surface area contributed by atoms with Crippen molar-refractivity contribution in [2.24, 2.45) is 11.6 Å². The third kappa shape index (κ3) is 4.83. The average Bonchev–Trinajstić information content (AvgIpc) is 3.20. The fourth-order valence-corrected chi connectivity index (χ4v) is 2.78. The number of esters is 1. The van der Waals surface area contributed by atoms with Crippen molar-refractivity contribution in [3.63, 3.8) is 0 Å². The lowest BCUT2D eigenvalue weighted by atomic mass is 10.1. The molecule has 11 heteroatoms. The van der Waals surface area contributed by atoms with Crippen LogP contribution in [0.5, 0.6) is 0 Å². The number of hydrogen-bond donors (Lipinski definition) is 2. The van der Waals surface area contributed by atoms with E-state index in [0.29, 0.717) is 15.9 Å². The number of nitrogens with two attached hydrogens (primary N) is 2.